The second kappa shape index (κ2) is 8.67. The Bertz CT molecular complexity index is 693. The number of esters is 1. The Hall–Kier alpha value is -2.10. The zero-order chi connectivity index (χ0) is 17.5. The Morgan fingerprint density at radius 3 is 2.79 bits per heavy atom. The fourth-order valence-electron chi connectivity index (χ4n) is 3.11. The molecule has 1 atom stereocenters. The molecule has 6 heteroatoms. The van der Waals surface area contributed by atoms with Gasteiger partial charge in [0.2, 0.25) is 0 Å². The highest BCUT2D eigenvalue weighted by molar-refractivity contribution is 5.74. The number of methoxy groups -OCH3 is 1. The zero-order valence-corrected chi connectivity index (χ0v) is 14.2. The first-order chi connectivity index (χ1) is 11.6. The number of aryl methyl sites for hydroxylation is 1. The third-order valence-corrected chi connectivity index (χ3v) is 4.29. The van der Waals surface area contributed by atoms with E-state index in [1.54, 1.807) is 10.6 Å². The van der Waals surface area contributed by atoms with Gasteiger partial charge in [0, 0.05) is 24.5 Å². The van der Waals surface area contributed by atoms with Gasteiger partial charge < -0.3 is 19.1 Å². The minimum atomic E-state index is -0.523. The summed E-state index contributed by atoms with van der Waals surface area (Å²) in [6.45, 7) is 3.05. The van der Waals surface area contributed by atoms with Gasteiger partial charge in [0.25, 0.3) is 0 Å². The third kappa shape index (κ3) is 4.47. The van der Waals surface area contributed by atoms with Crippen LogP contribution < -0.4 is 5.49 Å². The number of nitrogens with zero attached hydrogens (tertiary/aromatic N) is 1. The number of pyridine rings is 1. The van der Waals surface area contributed by atoms with Gasteiger partial charge in [-0.3, -0.25) is 5.41 Å². The molecule has 2 heterocycles. The maximum absolute atomic E-state index is 12.3. The molecule has 1 saturated heterocycles. The second-order valence-electron chi connectivity index (χ2n) is 5.93. The molecule has 130 valence electrons. The smallest absolute Gasteiger partial charge is 0.328 e. The number of hydrogen-bond acceptors (Lipinski definition) is 5. The van der Waals surface area contributed by atoms with Gasteiger partial charge in [0.1, 0.15) is 18.1 Å². The average Bonchev–Trinajstić information content (AvgIpc) is 2.58. The van der Waals surface area contributed by atoms with Crippen molar-refractivity contribution >= 4 is 5.97 Å². The lowest BCUT2D eigenvalue weighted by Gasteiger charge is -2.28. The minimum Gasteiger partial charge on any atom is -0.467 e. The standard InChI is InChI=1S/C18H24N2O4/c1-13-10-15(4-3-7-21)12-17(19)20(13)16(18(22)23-2)11-14-5-8-24-9-6-14/h10,12,14,16,19,21H,5-9,11H2,1-2H3. The molecule has 0 saturated carbocycles. The van der Waals surface area contributed by atoms with Crippen molar-refractivity contribution in [1.29, 1.82) is 5.41 Å². The number of rotatable bonds is 4. The summed E-state index contributed by atoms with van der Waals surface area (Å²) in [6.07, 6.45) is 2.47. The quantitative estimate of drug-likeness (QED) is 0.640. The molecule has 0 aliphatic carbocycles. The number of aliphatic hydroxyl groups is 1. The molecule has 1 aromatic heterocycles. The van der Waals surface area contributed by atoms with Crippen molar-refractivity contribution in [2.75, 3.05) is 26.9 Å². The molecule has 24 heavy (non-hydrogen) atoms. The highest BCUT2D eigenvalue weighted by atomic mass is 16.5. The number of aromatic nitrogens is 1. The van der Waals surface area contributed by atoms with Crippen LogP contribution in [0.25, 0.3) is 0 Å². The maximum atomic E-state index is 12.3. The van der Waals surface area contributed by atoms with Crippen molar-refractivity contribution in [1.82, 2.24) is 4.57 Å². The fraction of sp³-hybridized carbons (Fsp3) is 0.556. The zero-order valence-electron chi connectivity index (χ0n) is 14.2. The lowest BCUT2D eigenvalue weighted by Crippen LogP contribution is -2.34. The Balaban J connectivity index is 2.34. The van der Waals surface area contributed by atoms with Crippen LogP contribution in [-0.4, -0.2) is 42.6 Å². The van der Waals surface area contributed by atoms with Gasteiger partial charge in [-0.1, -0.05) is 11.8 Å². The van der Waals surface area contributed by atoms with Crippen molar-refractivity contribution in [3.8, 4) is 11.8 Å². The molecule has 1 fully saturated rings. The van der Waals surface area contributed by atoms with Crippen LogP contribution >= 0.6 is 0 Å². The van der Waals surface area contributed by atoms with E-state index in [9.17, 15) is 4.79 Å². The summed E-state index contributed by atoms with van der Waals surface area (Å²) in [5.41, 5.74) is 1.63. The van der Waals surface area contributed by atoms with E-state index in [4.69, 9.17) is 20.0 Å². The van der Waals surface area contributed by atoms with Gasteiger partial charge in [-0.05, 0) is 44.2 Å². The third-order valence-electron chi connectivity index (χ3n) is 4.29. The Morgan fingerprint density at radius 1 is 1.50 bits per heavy atom. The minimum absolute atomic E-state index is 0.208. The first-order valence-electron chi connectivity index (χ1n) is 8.10. The van der Waals surface area contributed by atoms with Crippen LogP contribution in [0.5, 0.6) is 0 Å². The van der Waals surface area contributed by atoms with Crippen LogP contribution in [-0.2, 0) is 14.3 Å². The van der Waals surface area contributed by atoms with Gasteiger partial charge in [0.05, 0.1) is 7.11 Å². The maximum Gasteiger partial charge on any atom is 0.328 e. The van der Waals surface area contributed by atoms with Crippen molar-refractivity contribution in [2.24, 2.45) is 5.92 Å². The number of carbonyl (C=O) groups excluding carboxylic acids is 1. The second-order valence-corrected chi connectivity index (χ2v) is 5.93. The normalized spacial score (nSPS) is 16.1. The SMILES string of the molecule is COC(=O)C(CC1CCOCC1)n1c(C)cc(C#CCO)cc1=N. The van der Waals surface area contributed by atoms with Gasteiger partial charge in [-0.2, -0.15) is 0 Å². The number of nitrogens with one attached hydrogen (secondary N) is 1. The van der Waals surface area contributed by atoms with Gasteiger partial charge in [-0.25, -0.2) is 4.79 Å². The van der Waals surface area contributed by atoms with E-state index in [-0.39, 0.29) is 18.1 Å². The number of ether oxygens (including phenoxy) is 2. The topological polar surface area (TPSA) is 84.5 Å². The predicted molar refractivity (Wildman–Crippen MR) is 88.2 cm³/mol. The molecule has 0 aromatic carbocycles. The summed E-state index contributed by atoms with van der Waals surface area (Å²) in [7, 11) is 1.37. The summed E-state index contributed by atoms with van der Waals surface area (Å²) in [5, 5.41) is 17.1. The molecular formula is C18H24N2O4. The van der Waals surface area contributed by atoms with E-state index >= 15 is 0 Å². The summed E-state index contributed by atoms with van der Waals surface area (Å²) >= 11 is 0. The summed E-state index contributed by atoms with van der Waals surface area (Å²) in [6, 6.07) is 2.90. The molecule has 2 N–H and O–H groups in total. The molecule has 0 spiro atoms. The molecule has 1 aliphatic heterocycles. The largest absolute Gasteiger partial charge is 0.467 e. The van der Waals surface area contributed by atoms with Crippen molar-refractivity contribution < 1.29 is 19.4 Å². The van der Waals surface area contributed by atoms with Crippen LogP contribution in [0.2, 0.25) is 0 Å². The lowest BCUT2D eigenvalue weighted by molar-refractivity contribution is -0.145. The molecule has 0 radical (unpaired) electrons. The lowest BCUT2D eigenvalue weighted by atomic mass is 9.92. The highest BCUT2D eigenvalue weighted by Crippen LogP contribution is 2.26. The van der Waals surface area contributed by atoms with E-state index in [0.29, 0.717) is 31.1 Å². The molecule has 2 rings (SSSR count). The first kappa shape index (κ1) is 18.2. The molecule has 6 nitrogen and oxygen atoms in total. The number of hydrogen-bond donors (Lipinski definition) is 2. The fourth-order valence-corrected chi connectivity index (χ4v) is 3.11. The Morgan fingerprint density at radius 2 is 2.21 bits per heavy atom. The van der Waals surface area contributed by atoms with Crippen LogP contribution in [0.4, 0.5) is 0 Å². The Kier molecular flexibility index (Phi) is 6.59. The Labute approximate surface area is 141 Å². The monoisotopic (exact) mass is 332 g/mol. The van der Waals surface area contributed by atoms with E-state index < -0.39 is 6.04 Å². The van der Waals surface area contributed by atoms with Gasteiger partial charge in [0.15, 0.2) is 0 Å². The first-order valence-corrected chi connectivity index (χ1v) is 8.10. The van der Waals surface area contributed by atoms with Crippen LogP contribution in [0.15, 0.2) is 12.1 Å². The molecule has 0 bridgehead atoms. The van der Waals surface area contributed by atoms with Crippen LogP contribution in [0.3, 0.4) is 0 Å². The summed E-state index contributed by atoms with van der Waals surface area (Å²) in [5.74, 6) is 5.42. The number of carbonyl (C=O) groups is 1. The van der Waals surface area contributed by atoms with E-state index in [2.05, 4.69) is 11.8 Å². The number of aliphatic hydroxyl groups excluding tert-OH is 1. The van der Waals surface area contributed by atoms with E-state index in [1.807, 2.05) is 13.0 Å². The molecule has 1 unspecified atom stereocenters. The van der Waals surface area contributed by atoms with E-state index in [1.165, 1.54) is 7.11 Å². The van der Waals surface area contributed by atoms with Crippen LogP contribution in [0.1, 0.15) is 36.6 Å². The summed E-state index contributed by atoms with van der Waals surface area (Å²) < 4.78 is 12.1. The molecule has 0 amide bonds. The molecule has 1 aliphatic rings. The van der Waals surface area contributed by atoms with Gasteiger partial charge >= 0.3 is 5.97 Å². The van der Waals surface area contributed by atoms with Crippen molar-refractivity contribution in [3.05, 3.63) is 28.9 Å². The molecule has 1 aromatic rings. The summed E-state index contributed by atoms with van der Waals surface area (Å²) in [4.78, 5) is 12.3. The van der Waals surface area contributed by atoms with E-state index in [0.717, 1.165) is 18.5 Å². The van der Waals surface area contributed by atoms with Crippen molar-refractivity contribution in [2.45, 2.75) is 32.2 Å². The molecular weight excluding hydrogens is 308 g/mol. The average molecular weight is 332 g/mol. The highest BCUT2D eigenvalue weighted by Gasteiger charge is 2.27. The van der Waals surface area contributed by atoms with Crippen LogP contribution in [0, 0.1) is 30.1 Å². The van der Waals surface area contributed by atoms with Gasteiger partial charge in [-0.15, -0.1) is 0 Å². The van der Waals surface area contributed by atoms with Crippen molar-refractivity contribution in [3.63, 3.8) is 0 Å². The predicted octanol–water partition coefficient (Wildman–Crippen LogP) is 1.15.